The van der Waals surface area contributed by atoms with Crippen LogP contribution in [0.15, 0.2) is 66.6 Å². The second-order valence-corrected chi connectivity index (χ2v) is 6.42. The van der Waals surface area contributed by atoms with Crippen LogP contribution >= 0.6 is 22.9 Å². The van der Waals surface area contributed by atoms with Crippen molar-refractivity contribution in [2.75, 3.05) is 11.9 Å². The van der Waals surface area contributed by atoms with Gasteiger partial charge in [0.25, 0.3) is 5.91 Å². The van der Waals surface area contributed by atoms with Crippen molar-refractivity contribution in [3.8, 4) is 16.3 Å². The lowest BCUT2D eigenvalue weighted by Gasteiger charge is -2.04. The van der Waals surface area contributed by atoms with E-state index in [1.165, 1.54) is 11.3 Å². The van der Waals surface area contributed by atoms with Gasteiger partial charge in [0.2, 0.25) is 0 Å². The van der Waals surface area contributed by atoms with Crippen LogP contribution in [-0.2, 0) is 0 Å². The third kappa shape index (κ3) is 4.47. The molecule has 0 saturated carbocycles. The minimum absolute atomic E-state index is 0.274. The van der Waals surface area contributed by atoms with E-state index in [1.54, 1.807) is 35.7 Å². The predicted molar refractivity (Wildman–Crippen MR) is 103 cm³/mol. The number of nitrogens with zero attached hydrogens (tertiary/aromatic N) is 1. The summed E-state index contributed by atoms with van der Waals surface area (Å²) in [5.41, 5.74) is 1.89. The summed E-state index contributed by atoms with van der Waals surface area (Å²) in [6, 6.07) is 14.6. The van der Waals surface area contributed by atoms with Gasteiger partial charge in [-0.1, -0.05) is 42.5 Å². The summed E-state index contributed by atoms with van der Waals surface area (Å²) in [6.07, 6.45) is 1.69. The first kappa shape index (κ1) is 17.2. The lowest BCUT2D eigenvalue weighted by molar-refractivity contribution is 0.102. The predicted octanol–water partition coefficient (Wildman–Crippen LogP) is 5.28. The summed E-state index contributed by atoms with van der Waals surface area (Å²) >= 11 is 7.33. The molecule has 3 rings (SSSR count). The number of rotatable bonds is 6. The van der Waals surface area contributed by atoms with Gasteiger partial charge >= 0.3 is 0 Å². The van der Waals surface area contributed by atoms with Crippen LogP contribution < -0.4 is 10.1 Å². The molecule has 1 heterocycles. The number of halogens is 1. The van der Waals surface area contributed by atoms with Gasteiger partial charge in [-0.3, -0.25) is 4.79 Å². The van der Waals surface area contributed by atoms with Gasteiger partial charge in [0.05, 0.1) is 0 Å². The Bertz CT molecular complexity index is 908. The molecule has 0 unspecified atom stereocenters. The first-order valence-electron chi connectivity index (χ1n) is 7.52. The average Bonchev–Trinajstić information content (AvgIpc) is 3.10. The fraction of sp³-hybridized carbons (Fsp3) is 0.0526. The molecule has 1 aromatic heterocycles. The number of ether oxygens (including phenoxy) is 1. The summed E-state index contributed by atoms with van der Waals surface area (Å²) in [4.78, 5) is 16.8. The molecular formula is C19H15ClN2O2S. The first-order chi connectivity index (χ1) is 12.2. The third-order valence-electron chi connectivity index (χ3n) is 3.27. The number of amides is 1. The standard InChI is InChI=1S/C19H15ClN2O2S/c1-2-9-24-16-8-3-5-13(10-16)19-22-17(12-25-19)18(23)21-15-7-4-6-14(20)11-15/h2-8,10-12H,1,9H2,(H,21,23). The van der Waals surface area contributed by atoms with Crippen LogP contribution in [-0.4, -0.2) is 17.5 Å². The molecule has 4 nitrogen and oxygen atoms in total. The lowest BCUT2D eigenvalue weighted by atomic mass is 10.2. The molecule has 0 atom stereocenters. The van der Waals surface area contributed by atoms with E-state index in [9.17, 15) is 4.79 Å². The summed E-state index contributed by atoms with van der Waals surface area (Å²) in [5.74, 6) is 0.460. The van der Waals surface area contributed by atoms with Crippen LogP contribution in [0, 0.1) is 0 Å². The molecule has 0 aliphatic heterocycles. The van der Waals surface area contributed by atoms with E-state index in [1.807, 2.05) is 24.3 Å². The van der Waals surface area contributed by atoms with Crippen molar-refractivity contribution in [3.05, 3.63) is 77.3 Å². The zero-order valence-electron chi connectivity index (χ0n) is 13.2. The zero-order valence-corrected chi connectivity index (χ0v) is 14.8. The molecule has 1 N–H and O–H groups in total. The van der Waals surface area contributed by atoms with Gasteiger partial charge in [0, 0.05) is 21.7 Å². The Morgan fingerprint density at radius 1 is 1.28 bits per heavy atom. The fourth-order valence-electron chi connectivity index (χ4n) is 2.15. The van der Waals surface area contributed by atoms with Crippen LogP contribution in [0.2, 0.25) is 5.02 Å². The van der Waals surface area contributed by atoms with Crippen molar-refractivity contribution in [3.63, 3.8) is 0 Å². The van der Waals surface area contributed by atoms with Crippen molar-refractivity contribution in [2.45, 2.75) is 0 Å². The summed E-state index contributed by atoms with van der Waals surface area (Å²) in [7, 11) is 0. The number of carbonyl (C=O) groups excluding carboxylic acids is 1. The largest absolute Gasteiger partial charge is 0.490 e. The number of nitrogens with one attached hydrogen (secondary N) is 1. The molecule has 0 spiro atoms. The van der Waals surface area contributed by atoms with Crippen molar-refractivity contribution in [2.24, 2.45) is 0 Å². The van der Waals surface area contributed by atoms with Crippen molar-refractivity contribution >= 4 is 34.5 Å². The summed E-state index contributed by atoms with van der Waals surface area (Å²) in [6.45, 7) is 4.07. The summed E-state index contributed by atoms with van der Waals surface area (Å²) < 4.78 is 5.53. The maximum absolute atomic E-state index is 12.3. The summed E-state index contributed by atoms with van der Waals surface area (Å²) in [5, 5.41) is 5.83. The smallest absolute Gasteiger partial charge is 0.275 e. The molecule has 0 aliphatic carbocycles. The van der Waals surface area contributed by atoms with Crippen LogP contribution in [0.5, 0.6) is 5.75 Å². The minimum Gasteiger partial charge on any atom is -0.490 e. The van der Waals surface area contributed by atoms with E-state index < -0.39 is 0 Å². The highest BCUT2D eigenvalue weighted by Gasteiger charge is 2.12. The van der Waals surface area contributed by atoms with Crippen molar-refractivity contribution < 1.29 is 9.53 Å². The SMILES string of the molecule is C=CCOc1cccc(-c2nc(C(=O)Nc3cccc(Cl)c3)cs2)c1. The second kappa shape index (κ2) is 7.96. The number of hydrogen-bond acceptors (Lipinski definition) is 4. The van der Waals surface area contributed by atoms with Crippen LogP contribution in [0.4, 0.5) is 5.69 Å². The number of aromatic nitrogens is 1. The minimum atomic E-state index is -0.274. The quantitative estimate of drug-likeness (QED) is 0.600. The Labute approximate surface area is 154 Å². The van der Waals surface area contributed by atoms with E-state index >= 15 is 0 Å². The second-order valence-electron chi connectivity index (χ2n) is 5.13. The number of benzene rings is 2. The van der Waals surface area contributed by atoms with Crippen molar-refractivity contribution in [1.82, 2.24) is 4.98 Å². The molecule has 25 heavy (non-hydrogen) atoms. The topological polar surface area (TPSA) is 51.2 Å². The molecule has 0 radical (unpaired) electrons. The van der Waals surface area contributed by atoms with Gasteiger partial charge < -0.3 is 10.1 Å². The number of thiazole rings is 1. The molecule has 0 saturated heterocycles. The fourth-order valence-corrected chi connectivity index (χ4v) is 3.13. The Morgan fingerprint density at radius 3 is 2.92 bits per heavy atom. The highest BCUT2D eigenvalue weighted by atomic mass is 35.5. The highest BCUT2D eigenvalue weighted by molar-refractivity contribution is 7.13. The van der Waals surface area contributed by atoms with Gasteiger partial charge in [0.1, 0.15) is 23.1 Å². The molecule has 2 aromatic carbocycles. The molecule has 0 fully saturated rings. The number of carbonyl (C=O) groups is 1. The third-order valence-corrected chi connectivity index (χ3v) is 4.39. The number of hydrogen-bond donors (Lipinski definition) is 1. The lowest BCUT2D eigenvalue weighted by Crippen LogP contribution is -2.12. The average molecular weight is 371 g/mol. The van der Waals surface area contributed by atoms with E-state index in [-0.39, 0.29) is 5.91 Å². The molecule has 126 valence electrons. The molecule has 0 aliphatic rings. The Kier molecular flexibility index (Phi) is 5.48. The molecular weight excluding hydrogens is 356 g/mol. The first-order valence-corrected chi connectivity index (χ1v) is 8.78. The van der Waals surface area contributed by atoms with Gasteiger partial charge in [-0.2, -0.15) is 0 Å². The van der Waals surface area contributed by atoms with E-state index in [0.717, 1.165) is 16.3 Å². The molecule has 6 heteroatoms. The zero-order chi connectivity index (χ0) is 17.6. The maximum Gasteiger partial charge on any atom is 0.275 e. The number of anilines is 1. The molecule has 0 bridgehead atoms. The van der Waals surface area contributed by atoms with Crippen LogP contribution in [0.3, 0.4) is 0 Å². The Hall–Kier alpha value is -2.63. The maximum atomic E-state index is 12.3. The van der Waals surface area contributed by atoms with Gasteiger partial charge in [-0.05, 0) is 30.3 Å². The van der Waals surface area contributed by atoms with Crippen LogP contribution in [0.25, 0.3) is 10.6 Å². The Balaban J connectivity index is 1.75. The molecule has 3 aromatic rings. The van der Waals surface area contributed by atoms with E-state index in [2.05, 4.69) is 16.9 Å². The van der Waals surface area contributed by atoms with Gasteiger partial charge in [-0.15, -0.1) is 11.3 Å². The van der Waals surface area contributed by atoms with E-state index in [0.29, 0.717) is 23.0 Å². The van der Waals surface area contributed by atoms with Crippen LogP contribution in [0.1, 0.15) is 10.5 Å². The normalized spacial score (nSPS) is 10.3. The molecule has 1 amide bonds. The monoisotopic (exact) mass is 370 g/mol. The Morgan fingerprint density at radius 2 is 2.12 bits per heavy atom. The van der Waals surface area contributed by atoms with Gasteiger partial charge in [-0.25, -0.2) is 4.98 Å². The highest BCUT2D eigenvalue weighted by Crippen LogP contribution is 2.27. The van der Waals surface area contributed by atoms with E-state index in [4.69, 9.17) is 16.3 Å². The van der Waals surface area contributed by atoms with Crippen molar-refractivity contribution in [1.29, 1.82) is 0 Å². The van der Waals surface area contributed by atoms with Gasteiger partial charge in [0.15, 0.2) is 0 Å².